The Bertz CT molecular complexity index is 410. The molecule has 1 amide bonds. The number of nitrogens with one attached hydrogen (secondary N) is 1. The van der Waals surface area contributed by atoms with Crippen molar-refractivity contribution in [3.63, 3.8) is 0 Å². The standard InChI is InChI=1S/C14H23N3O/c1-5-11(15)9-10-7-6-8-16-12(10)17-13(18)14(2,3)4/h6-8,11H,5,9,15H2,1-4H3,(H,16,17,18). The van der Waals surface area contributed by atoms with E-state index in [0.717, 1.165) is 18.4 Å². The lowest BCUT2D eigenvalue weighted by Gasteiger charge is -2.19. The number of aromatic nitrogens is 1. The highest BCUT2D eigenvalue weighted by atomic mass is 16.2. The van der Waals surface area contributed by atoms with Gasteiger partial charge in [-0.15, -0.1) is 0 Å². The first-order valence-corrected chi connectivity index (χ1v) is 6.35. The van der Waals surface area contributed by atoms with Gasteiger partial charge in [-0.25, -0.2) is 4.98 Å². The van der Waals surface area contributed by atoms with Gasteiger partial charge < -0.3 is 11.1 Å². The molecule has 0 spiro atoms. The van der Waals surface area contributed by atoms with Crippen LogP contribution in [0.15, 0.2) is 18.3 Å². The van der Waals surface area contributed by atoms with Crippen LogP contribution in [0.5, 0.6) is 0 Å². The average Bonchev–Trinajstić information content (AvgIpc) is 2.30. The van der Waals surface area contributed by atoms with Crippen molar-refractivity contribution in [1.29, 1.82) is 0 Å². The first-order valence-electron chi connectivity index (χ1n) is 6.35. The first kappa shape index (κ1) is 14.6. The number of amides is 1. The molecule has 4 nitrogen and oxygen atoms in total. The SMILES string of the molecule is CCC(N)Cc1cccnc1NC(=O)C(C)(C)C. The van der Waals surface area contributed by atoms with Crippen LogP contribution in [0.1, 0.15) is 39.7 Å². The van der Waals surface area contributed by atoms with E-state index in [1.165, 1.54) is 0 Å². The number of pyridine rings is 1. The van der Waals surface area contributed by atoms with Crippen molar-refractivity contribution in [3.05, 3.63) is 23.9 Å². The molecule has 0 fully saturated rings. The number of carbonyl (C=O) groups excluding carboxylic acids is 1. The Hall–Kier alpha value is -1.42. The van der Waals surface area contributed by atoms with Crippen LogP contribution in [0, 0.1) is 5.41 Å². The molecule has 1 aromatic rings. The third kappa shape index (κ3) is 4.11. The number of hydrogen-bond donors (Lipinski definition) is 2. The quantitative estimate of drug-likeness (QED) is 0.860. The van der Waals surface area contributed by atoms with Crippen LogP contribution in [0.3, 0.4) is 0 Å². The molecule has 0 aliphatic heterocycles. The molecule has 100 valence electrons. The summed E-state index contributed by atoms with van der Waals surface area (Å²) in [4.78, 5) is 16.2. The Kier molecular flexibility index (Phi) is 4.84. The zero-order chi connectivity index (χ0) is 13.8. The van der Waals surface area contributed by atoms with Gasteiger partial charge in [-0.05, 0) is 24.5 Å². The molecule has 0 aliphatic carbocycles. The van der Waals surface area contributed by atoms with Crippen LogP contribution >= 0.6 is 0 Å². The van der Waals surface area contributed by atoms with Crippen LogP contribution in [0.25, 0.3) is 0 Å². The summed E-state index contributed by atoms with van der Waals surface area (Å²) in [6.07, 6.45) is 3.31. The summed E-state index contributed by atoms with van der Waals surface area (Å²) < 4.78 is 0. The molecule has 1 aromatic heterocycles. The number of carbonyl (C=O) groups is 1. The fourth-order valence-electron chi connectivity index (χ4n) is 1.44. The van der Waals surface area contributed by atoms with Crippen LogP contribution in [-0.2, 0) is 11.2 Å². The predicted octanol–water partition coefficient (Wildman–Crippen LogP) is 2.35. The minimum atomic E-state index is -0.429. The van der Waals surface area contributed by atoms with Crippen LogP contribution in [-0.4, -0.2) is 16.9 Å². The fourth-order valence-corrected chi connectivity index (χ4v) is 1.44. The Morgan fingerprint density at radius 3 is 2.72 bits per heavy atom. The largest absolute Gasteiger partial charge is 0.327 e. The van der Waals surface area contributed by atoms with Crippen molar-refractivity contribution in [2.24, 2.45) is 11.1 Å². The molecule has 1 atom stereocenters. The minimum absolute atomic E-state index is 0.0347. The molecule has 4 heteroatoms. The Balaban J connectivity index is 2.86. The second-order valence-corrected chi connectivity index (χ2v) is 5.59. The normalized spacial score (nSPS) is 13.2. The fraction of sp³-hybridized carbons (Fsp3) is 0.571. The predicted molar refractivity (Wildman–Crippen MR) is 74.3 cm³/mol. The van der Waals surface area contributed by atoms with E-state index in [4.69, 9.17) is 5.73 Å². The number of anilines is 1. The molecule has 18 heavy (non-hydrogen) atoms. The highest BCUT2D eigenvalue weighted by Gasteiger charge is 2.22. The molecule has 0 saturated heterocycles. The van der Waals surface area contributed by atoms with E-state index in [1.54, 1.807) is 6.20 Å². The van der Waals surface area contributed by atoms with Gasteiger partial charge in [0.25, 0.3) is 0 Å². The Morgan fingerprint density at radius 2 is 2.17 bits per heavy atom. The van der Waals surface area contributed by atoms with Gasteiger partial charge in [-0.2, -0.15) is 0 Å². The first-order chi connectivity index (χ1) is 8.34. The maximum atomic E-state index is 12.0. The smallest absolute Gasteiger partial charge is 0.230 e. The van der Waals surface area contributed by atoms with Crippen molar-refractivity contribution in [1.82, 2.24) is 4.98 Å². The molecular weight excluding hydrogens is 226 g/mol. The number of hydrogen-bond acceptors (Lipinski definition) is 3. The molecular formula is C14H23N3O. The molecule has 1 unspecified atom stereocenters. The Morgan fingerprint density at radius 1 is 1.50 bits per heavy atom. The average molecular weight is 249 g/mol. The molecule has 1 rings (SSSR count). The van der Waals surface area contributed by atoms with Gasteiger partial charge in [0.05, 0.1) is 0 Å². The van der Waals surface area contributed by atoms with Crippen molar-refractivity contribution in [3.8, 4) is 0 Å². The molecule has 0 saturated carbocycles. The van der Waals surface area contributed by atoms with E-state index >= 15 is 0 Å². The third-order valence-corrected chi connectivity index (χ3v) is 2.81. The van der Waals surface area contributed by atoms with Gasteiger partial charge >= 0.3 is 0 Å². The van der Waals surface area contributed by atoms with E-state index < -0.39 is 5.41 Å². The summed E-state index contributed by atoms with van der Waals surface area (Å²) in [6.45, 7) is 7.68. The van der Waals surface area contributed by atoms with Crippen LogP contribution < -0.4 is 11.1 Å². The number of nitrogens with zero attached hydrogens (tertiary/aromatic N) is 1. The van der Waals surface area contributed by atoms with Gasteiger partial charge in [0.2, 0.25) is 5.91 Å². The molecule has 3 N–H and O–H groups in total. The maximum absolute atomic E-state index is 12.0. The third-order valence-electron chi connectivity index (χ3n) is 2.81. The molecule has 1 heterocycles. The highest BCUT2D eigenvalue weighted by Crippen LogP contribution is 2.19. The van der Waals surface area contributed by atoms with E-state index in [-0.39, 0.29) is 11.9 Å². The molecule has 0 radical (unpaired) electrons. The van der Waals surface area contributed by atoms with E-state index in [9.17, 15) is 4.79 Å². The second kappa shape index (κ2) is 5.96. The van der Waals surface area contributed by atoms with Crippen molar-refractivity contribution < 1.29 is 4.79 Å². The highest BCUT2D eigenvalue weighted by molar-refractivity contribution is 5.94. The molecule has 0 aromatic carbocycles. The topological polar surface area (TPSA) is 68.0 Å². The van der Waals surface area contributed by atoms with Crippen molar-refractivity contribution in [2.75, 3.05) is 5.32 Å². The van der Waals surface area contributed by atoms with E-state index in [2.05, 4.69) is 17.2 Å². The van der Waals surface area contributed by atoms with Crippen molar-refractivity contribution >= 4 is 11.7 Å². The van der Waals surface area contributed by atoms with Gasteiger partial charge in [-0.3, -0.25) is 4.79 Å². The van der Waals surface area contributed by atoms with E-state index in [0.29, 0.717) is 5.82 Å². The summed E-state index contributed by atoms with van der Waals surface area (Å²) in [6, 6.07) is 3.92. The summed E-state index contributed by atoms with van der Waals surface area (Å²) >= 11 is 0. The van der Waals surface area contributed by atoms with E-state index in [1.807, 2.05) is 32.9 Å². The lowest BCUT2D eigenvalue weighted by molar-refractivity contribution is -0.123. The lowest BCUT2D eigenvalue weighted by atomic mass is 9.95. The van der Waals surface area contributed by atoms with Gasteiger partial charge in [0, 0.05) is 17.7 Å². The summed E-state index contributed by atoms with van der Waals surface area (Å²) in [5, 5.41) is 2.87. The Labute approximate surface area is 109 Å². The lowest BCUT2D eigenvalue weighted by Crippen LogP contribution is -2.29. The minimum Gasteiger partial charge on any atom is -0.327 e. The van der Waals surface area contributed by atoms with Gasteiger partial charge in [-0.1, -0.05) is 33.8 Å². The van der Waals surface area contributed by atoms with Crippen LogP contribution in [0.4, 0.5) is 5.82 Å². The summed E-state index contributed by atoms with van der Waals surface area (Å²) in [7, 11) is 0. The number of rotatable bonds is 4. The van der Waals surface area contributed by atoms with Crippen molar-refractivity contribution in [2.45, 2.75) is 46.6 Å². The molecule has 0 bridgehead atoms. The number of nitrogens with two attached hydrogens (primary N) is 1. The summed E-state index contributed by atoms with van der Waals surface area (Å²) in [5.41, 5.74) is 6.51. The zero-order valence-corrected chi connectivity index (χ0v) is 11.7. The monoisotopic (exact) mass is 249 g/mol. The summed E-state index contributed by atoms with van der Waals surface area (Å²) in [5.74, 6) is 0.592. The second-order valence-electron chi connectivity index (χ2n) is 5.59. The zero-order valence-electron chi connectivity index (χ0n) is 11.7. The van der Waals surface area contributed by atoms with Crippen LogP contribution in [0.2, 0.25) is 0 Å². The van der Waals surface area contributed by atoms with Gasteiger partial charge in [0.15, 0.2) is 0 Å². The molecule has 0 aliphatic rings. The maximum Gasteiger partial charge on any atom is 0.230 e. The van der Waals surface area contributed by atoms with Gasteiger partial charge in [0.1, 0.15) is 5.82 Å².